The molecule has 4 aliphatic carbocycles. The van der Waals surface area contributed by atoms with Gasteiger partial charge in [0.1, 0.15) is 0 Å². The predicted molar refractivity (Wildman–Crippen MR) is 121 cm³/mol. The minimum atomic E-state index is -0.277. The molecule has 0 radical (unpaired) electrons. The van der Waals surface area contributed by atoms with Crippen molar-refractivity contribution < 1.29 is 14.5 Å². The van der Waals surface area contributed by atoms with Crippen molar-refractivity contribution >= 4 is 17.6 Å². The van der Waals surface area contributed by atoms with Crippen molar-refractivity contribution in [3.63, 3.8) is 0 Å². The molecule has 0 aromatic heterocycles. The molecule has 6 nitrogen and oxygen atoms in total. The molecule has 168 valence electrons. The highest BCUT2D eigenvalue weighted by molar-refractivity contribution is 5.95. The second-order valence-corrected chi connectivity index (χ2v) is 10.8. The Morgan fingerprint density at radius 3 is 2.26 bits per heavy atom. The van der Waals surface area contributed by atoms with E-state index in [4.69, 9.17) is 0 Å². The van der Waals surface area contributed by atoms with E-state index in [9.17, 15) is 9.59 Å². The molecule has 3 amide bonds. The zero-order chi connectivity index (χ0) is 21.6. The summed E-state index contributed by atoms with van der Waals surface area (Å²) in [6.45, 7) is 8.40. The lowest BCUT2D eigenvalue weighted by Crippen LogP contribution is -3.16. The van der Waals surface area contributed by atoms with Gasteiger partial charge in [-0.25, -0.2) is 4.79 Å². The van der Waals surface area contributed by atoms with Gasteiger partial charge in [-0.15, -0.1) is 0 Å². The van der Waals surface area contributed by atoms with Gasteiger partial charge in [0.15, 0.2) is 6.54 Å². The Kier molecular flexibility index (Phi) is 5.45. The Labute approximate surface area is 185 Å². The molecule has 5 fully saturated rings. The number of hydrogen-bond donors (Lipinski definition) is 3. The van der Waals surface area contributed by atoms with Crippen molar-refractivity contribution in [3.8, 4) is 0 Å². The topological polar surface area (TPSA) is 65.9 Å². The molecule has 3 N–H and O–H groups in total. The van der Waals surface area contributed by atoms with Gasteiger partial charge in [0.2, 0.25) is 0 Å². The highest BCUT2D eigenvalue weighted by Crippen LogP contribution is 2.55. The number of rotatable bonds is 4. The number of anilines is 1. The van der Waals surface area contributed by atoms with Crippen molar-refractivity contribution in [1.82, 2.24) is 10.6 Å². The maximum Gasteiger partial charge on any atom is 0.322 e. The van der Waals surface area contributed by atoms with Crippen LogP contribution >= 0.6 is 0 Å². The van der Waals surface area contributed by atoms with Crippen LogP contribution in [-0.2, 0) is 4.79 Å². The molecular weight excluding hydrogens is 388 g/mol. The molecule has 6 heteroatoms. The molecule has 1 aliphatic heterocycles. The first-order chi connectivity index (χ1) is 14.9. The maximum absolute atomic E-state index is 12.6. The minimum absolute atomic E-state index is 0.0523. The normalized spacial score (nSPS) is 32.2. The number of carbonyl (C=O) groups excluding carboxylic acids is 2. The number of nitrogens with one attached hydrogen (secondary N) is 3. The van der Waals surface area contributed by atoms with Crippen molar-refractivity contribution in [1.29, 1.82) is 0 Å². The van der Waals surface area contributed by atoms with E-state index in [0.717, 1.165) is 63.2 Å². The summed E-state index contributed by atoms with van der Waals surface area (Å²) in [4.78, 5) is 28.8. The number of hydrogen-bond acceptors (Lipinski definition) is 3. The first kappa shape index (κ1) is 20.8. The van der Waals surface area contributed by atoms with E-state index in [1.54, 1.807) is 0 Å². The van der Waals surface area contributed by atoms with Gasteiger partial charge in [-0.1, -0.05) is 12.1 Å². The number of imide groups is 1. The number of nitrogens with zero attached hydrogens (tertiary/aromatic N) is 1. The SMILES string of the molecule is Cc1cccc(N2CC[NH+](CC(=O)NC(=O)NC34CC5CC(CC(C5)C3)C4)CC2)c1C. The number of benzene rings is 1. The van der Waals surface area contributed by atoms with Crippen molar-refractivity contribution in [2.75, 3.05) is 37.6 Å². The number of aryl methyl sites for hydroxylation is 1. The largest absolute Gasteiger partial charge is 0.360 e. The van der Waals surface area contributed by atoms with Gasteiger partial charge in [-0.2, -0.15) is 0 Å². The van der Waals surface area contributed by atoms with Crippen LogP contribution in [0.2, 0.25) is 0 Å². The first-order valence-electron chi connectivity index (χ1n) is 12.2. The molecule has 4 saturated carbocycles. The van der Waals surface area contributed by atoms with Crippen LogP contribution in [0, 0.1) is 31.6 Å². The highest BCUT2D eigenvalue weighted by atomic mass is 16.2. The first-order valence-corrected chi connectivity index (χ1v) is 12.2. The summed E-state index contributed by atoms with van der Waals surface area (Å²) in [5.74, 6) is 2.18. The zero-order valence-electron chi connectivity index (χ0n) is 19.0. The zero-order valence-corrected chi connectivity index (χ0v) is 19.0. The smallest absolute Gasteiger partial charge is 0.322 e. The van der Waals surface area contributed by atoms with Gasteiger partial charge < -0.3 is 15.1 Å². The van der Waals surface area contributed by atoms with Crippen molar-refractivity contribution in [2.24, 2.45) is 17.8 Å². The van der Waals surface area contributed by atoms with Crippen LogP contribution in [0.5, 0.6) is 0 Å². The highest BCUT2D eigenvalue weighted by Gasteiger charge is 2.51. The molecule has 0 spiro atoms. The lowest BCUT2D eigenvalue weighted by atomic mass is 9.53. The summed E-state index contributed by atoms with van der Waals surface area (Å²) in [7, 11) is 0. The fraction of sp³-hybridized carbons (Fsp3) is 0.680. The van der Waals surface area contributed by atoms with E-state index in [2.05, 4.69) is 47.6 Å². The molecule has 31 heavy (non-hydrogen) atoms. The molecular formula is C25H37N4O2+. The van der Waals surface area contributed by atoms with Crippen LogP contribution in [0.15, 0.2) is 18.2 Å². The molecule has 1 aromatic carbocycles. The molecule has 0 unspecified atom stereocenters. The fourth-order valence-corrected chi connectivity index (χ4v) is 7.25. The van der Waals surface area contributed by atoms with E-state index in [-0.39, 0.29) is 17.5 Å². The third kappa shape index (κ3) is 4.32. The van der Waals surface area contributed by atoms with Crippen molar-refractivity contribution in [2.45, 2.75) is 57.9 Å². The molecule has 1 aromatic rings. The second-order valence-electron chi connectivity index (χ2n) is 10.8. The molecule has 4 bridgehead atoms. The summed E-state index contributed by atoms with van der Waals surface area (Å²) in [6.07, 6.45) is 7.35. The van der Waals surface area contributed by atoms with Crippen LogP contribution < -0.4 is 20.4 Å². The van der Waals surface area contributed by atoms with Gasteiger partial charge >= 0.3 is 6.03 Å². The van der Waals surface area contributed by atoms with Gasteiger partial charge in [0.25, 0.3) is 5.91 Å². The Hall–Kier alpha value is -2.08. The van der Waals surface area contributed by atoms with Crippen molar-refractivity contribution in [3.05, 3.63) is 29.3 Å². The van der Waals surface area contributed by atoms with E-state index < -0.39 is 0 Å². The lowest BCUT2D eigenvalue weighted by molar-refractivity contribution is -0.892. The minimum Gasteiger partial charge on any atom is -0.360 e. The van der Waals surface area contributed by atoms with Gasteiger partial charge in [0, 0.05) is 11.2 Å². The van der Waals surface area contributed by atoms with Gasteiger partial charge in [-0.3, -0.25) is 10.1 Å². The van der Waals surface area contributed by atoms with Gasteiger partial charge in [-0.05, 0) is 87.3 Å². The average Bonchev–Trinajstić information content (AvgIpc) is 2.69. The van der Waals surface area contributed by atoms with Crippen LogP contribution in [0.4, 0.5) is 10.5 Å². The van der Waals surface area contributed by atoms with E-state index in [1.165, 1.54) is 41.0 Å². The molecule has 1 heterocycles. The number of piperazine rings is 1. The van der Waals surface area contributed by atoms with E-state index >= 15 is 0 Å². The average molecular weight is 426 g/mol. The fourth-order valence-electron chi connectivity index (χ4n) is 7.25. The third-order valence-electron chi connectivity index (χ3n) is 8.47. The molecule has 1 saturated heterocycles. The monoisotopic (exact) mass is 425 g/mol. The number of urea groups is 1. The summed E-state index contributed by atoms with van der Waals surface area (Å²) < 4.78 is 0. The van der Waals surface area contributed by atoms with E-state index in [1.807, 2.05) is 0 Å². The van der Waals surface area contributed by atoms with Crippen LogP contribution in [0.1, 0.15) is 49.7 Å². The Morgan fingerprint density at radius 1 is 1.03 bits per heavy atom. The number of amides is 3. The Bertz CT molecular complexity index is 824. The molecule has 6 rings (SSSR count). The standard InChI is InChI=1S/C25H36N4O2/c1-17-4-3-5-22(18(17)2)29-8-6-28(7-9-29)16-23(30)26-24(31)27-25-13-19-10-20(14-25)12-21(11-19)15-25/h3-5,19-21H,6-16H2,1-2H3,(H2,26,27,30,31)/p+1. The summed E-state index contributed by atoms with van der Waals surface area (Å²) in [5, 5.41) is 5.88. The molecule has 5 aliphatic rings. The predicted octanol–water partition coefficient (Wildman–Crippen LogP) is 1.80. The van der Waals surface area contributed by atoms with Crippen LogP contribution in [0.3, 0.4) is 0 Å². The maximum atomic E-state index is 12.6. The lowest BCUT2D eigenvalue weighted by Gasteiger charge is -2.56. The van der Waals surface area contributed by atoms with E-state index in [0.29, 0.717) is 6.54 Å². The second kappa shape index (κ2) is 8.12. The van der Waals surface area contributed by atoms with Gasteiger partial charge in [0.05, 0.1) is 26.2 Å². The molecule has 0 atom stereocenters. The third-order valence-corrected chi connectivity index (χ3v) is 8.47. The Balaban J connectivity index is 1.09. The number of carbonyl (C=O) groups is 2. The summed E-state index contributed by atoms with van der Waals surface area (Å²) >= 11 is 0. The quantitative estimate of drug-likeness (QED) is 0.689. The number of quaternary nitrogens is 1. The Morgan fingerprint density at radius 2 is 1.65 bits per heavy atom. The summed E-state index contributed by atoms with van der Waals surface area (Å²) in [6, 6.07) is 6.18. The van der Waals surface area contributed by atoms with Crippen LogP contribution in [-0.4, -0.2) is 50.2 Å². The van der Waals surface area contributed by atoms with Crippen LogP contribution in [0.25, 0.3) is 0 Å². The summed E-state index contributed by atoms with van der Waals surface area (Å²) in [5.41, 5.74) is 3.91.